The van der Waals surface area contributed by atoms with Gasteiger partial charge in [-0.3, -0.25) is 0 Å². The number of nitrogens with two attached hydrogens (primary N) is 1. The van der Waals surface area contributed by atoms with Gasteiger partial charge in [0, 0.05) is 25.3 Å². The highest BCUT2D eigenvalue weighted by Gasteiger charge is 2.10. The molecule has 0 fully saturated rings. The summed E-state index contributed by atoms with van der Waals surface area (Å²) < 4.78 is 18.9. The molecule has 1 atom stereocenters. The summed E-state index contributed by atoms with van der Waals surface area (Å²) in [6.45, 7) is 6.01. The van der Waals surface area contributed by atoms with Gasteiger partial charge >= 0.3 is 0 Å². The van der Waals surface area contributed by atoms with Gasteiger partial charge in [0.25, 0.3) is 0 Å². The predicted molar refractivity (Wildman–Crippen MR) is 73.7 cm³/mol. The summed E-state index contributed by atoms with van der Waals surface area (Å²) in [6.07, 6.45) is 0.976. The lowest BCUT2D eigenvalue weighted by Gasteiger charge is -2.23. The number of rotatable bonds is 7. The molecule has 0 aliphatic heterocycles. The molecule has 18 heavy (non-hydrogen) atoms. The van der Waals surface area contributed by atoms with E-state index in [2.05, 4.69) is 6.92 Å². The zero-order valence-corrected chi connectivity index (χ0v) is 11.4. The van der Waals surface area contributed by atoms with Crippen molar-refractivity contribution in [1.82, 2.24) is 0 Å². The van der Waals surface area contributed by atoms with Gasteiger partial charge in [0.05, 0.1) is 6.61 Å². The molecule has 3 nitrogen and oxygen atoms in total. The standard InChI is InChI=1S/C14H23FN2O/c1-4-18-14-6-5-12(9-13(14)15)17(3)10-11(2)7-8-16/h5-6,9,11H,4,7-8,10,16H2,1-3H3. The van der Waals surface area contributed by atoms with Crippen LogP contribution in [-0.2, 0) is 0 Å². The van der Waals surface area contributed by atoms with Gasteiger partial charge in [-0.2, -0.15) is 0 Å². The van der Waals surface area contributed by atoms with Crippen molar-refractivity contribution in [3.8, 4) is 5.75 Å². The number of anilines is 1. The van der Waals surface area contributed by atoms with Crippen LogP contribution in [0.25, 0.3) is 0 Å². The second kappa shape index (κ2) is 7.21. The van der Waals surface area contributed by atoms with Gasteiger partial charge in [0.1, 0.15) is 0 Å². The molecule has 102 valence electrons. The number of hydrogen-bond acceptors (Lipinski definition) is 3. The minimum Gasteiger partial charge on any atom is -0.491 e. The van der Waals surface area contributed by atoms with Gasteiger partial charge in [-0.15, -0.1) is 0 Å². The Bertz CT molecular complexity index is 371. The van der Waals surface area contributed by atoms with Crippen LogP contribution in [0.4, 0.5) is 10.1 Å². The average Bonchev–Trinajstić information content (AvgIpc) is 2.32. The van der Waals surface area contributed by atoms with Gasteiger partial charge in [-0.05, 0) is 37.9 Å². The van der Waals surface area contributed by atoms with Crippen molar-refractivity contribution in [3.05, 3.63) is 24.0 Å². The molecule has 0 amide bonds. The summed E-state index contributed by atoms with van der Waals surface area (Å²) in [4.78, 5) is 2.04. The zero-order valence-electron chi connectivity index (χ0n) is 11.4. The first-order chi connectivity index (χ1) is 8.58. The van der Waals surface area contributed by atoms with E-state index in [1.807, 2.05) is 24.9 Å². The molecule has 0 aliphatic carbocycles. The largest absolute Gasteiger partial charge is 0.491 e. The number of hydrogen-bond donors (Lipinski definition) is 1. The van der Waals surface area contributed by atoms with Crippen molar-refractivity contribution in [2.75, 3.05) is 31.6 Å². The van der Waals surface area contributed by atoms with E-state index in [1.54, 1.807) is 6.07 Å². The fourth-order valence-corrected chi connectivity index (χ4v) is 1.95. The van der Waals surface area contributed by atoms with Crippen LogP contribution in [0.5, 0.6) is 5.75 Å². The summed E-state index contributed by atoms with van der Waals surface area (Å²) in [7, 11) is 1.96. The molecule has 0 radical (unpaired) electrons. The minimum absolute atomic E-state index is 0.310. The molecule has 0 bridgehead atoms. The number of nitrogens with zero attached hydrogens (tertiary/aromatic N) is 1. The molecule has 1 aromatic rings. The Kier molecular flexibility index (Phi) is 5.92. The lowest BCUT2D eigenvalue weighted by atomic mass is 10.1. The van der Waals surface area contributed by atoms with E-state index in [0.29, 0.717) is 24.8 Å². The Morgan fingerprint density at radius 1 is 1.44 bits per heavy atom. The zero-order chi connectivity index (χ0) is 13.5. The van der Waals surface area contributed by atoms with Crippen molar-refractivity contribution >= 4 is 5.69 Å². The third kappa shape index (κ3) is 4.18. The van der Waals surface area contributed by atoms with E-state index in [4.69, 9.17) is 10.5 Å². The Balaban J connectivity index is 2.68. The molecule has 0 aliphatic rings. The second-order valence-electron chi connectivity index (χ2n) is 4.61. The lowest BCUT2D eigenvalue weighted by molar-refractivity contribution is 0.321. The van der Waals surface area contributed by atoms with Crippen LogP contribution in [0.15, 0.2) is 18.2 Å². The minimum atomic E-state index is -0.312. The second-order valence-corrected chi connectivity index (χ2v) is 4.61. The molecule has 4 heteroatoms. The van der Waals surface area contributed by atoms with Crippen LogP contribution in [0.1, 0.15) is 20.3 Å². The van der Waals surface area contributed by atoms with E-state index in [-0.39, 0.29) is 5.82 Å². The van der Waals surface area contributed by atoms with Crippen LogP contribution >= 0.6 is 0 Å². The maximum Gasteiger partial charge on any atom is 0.167 e. The van der Waals surface area contributed by atoms with E-state index < -0.39 is 0 Å². The molecule has 1 rings (SSSR count). The van der Waals surface area contributed by atoms with Crippen molar-refractivity contribution in [2.45, 2.75) is 20.3 Å². The molecule has 0 saturated heterocycles. The molecule has 1 aromatic carbocycles. The molecule has 0 heterocycles. The van der Waals surface area contributed by atoms with Gasteiger partial charge in [0.2, 0.25) is 0 Å². The van der Waals surface area contributed by atoms with E-state index >= 15 is 0 Å². The van der Waals surface area contributed by atoms with E-state index in [0.717, 1.165) is 18.7 Å². The van der Waals surface area contributed by atoms with E-state index in [1.165, 1.54) is 6.07 Å². The average molecular weight is 254 g/mol. The molecule has 0 spiro atoms. The fourth-order valence-electron chi connectivity index (χ4n) is 1.95. The summed E-state index contributed by atoms with van der Waals surface area (Å²) >= 11 is 0. The number of halogens is 1. The monoisotopic (exact) mass is 254 g/mol. The molecule has 0 saturated carbocycles. The van der Waals surface area contributed by atoms with Crippen LogP contribution in [0.3, 0.4) is 0 Å². The SMILES string of the molecule is CCOc1ccc(N(C)CC(C)CCN)cc1F. The maximum atomic E-state index is 13.7. The molecular weight excluding hydrogens is 231 g/mol. The smallest absolute Gasteiger partial charge is 0.167 e. The fraction of sp³-hybridized carbons (Fsp3) is 0.571. The van der Waals surface area contributed by atoms with Gasteiger partial charge in [-0.1, -0.05) is 6.92 Å². The molecule has 2 N–H and O–H groups in total. The van der Waals surface area contributed by atoms with E-state index in [9.17, 15) is 4.39 Å². The lowest BCUT2D eigenvalue weighted by Crippen LogP contribution is -2.25. The van der Waals surface area contributed by atoms with Crippen molar-refractivity contribution in [2.24, 2.45) is 11.7 Å². The summed E-state index contributed by atoms with van der Waals surface area (Å²) in [6, 6.07) is 5.07. The normalized spacial score (nSPS) is 12.3. The first-order valence-electron chi connectivity index (χ1n) is 6.42. The third-order valence-electron chi connectivity index (χ3n) is 2.90. The first kappa shape index (κ1) is 14.8. The van der Waals surface area contributed by atoms with Crippen LogP contribution in [-0.4, -0.2) is 26.7 Å². The Labute approximate surface area is 109 Å². The van der Waals surface area contributed by atoms with Crippen LogP contribution in [0, 0.1) is 11.7 Å². The van der Waals surface area contributed by atoms with Gasteiger partial charge in [0.15, 0.2) is 11.6 Å². The topological polar surface area (TPSA) is 38.5 Å². The molecule has 1 unspecified atom stereocenters. The predicted octanol–water partition coefficient (Wildman–Crippen LogP) is 2.65. The molecular formula is C14H23FN2O. The van der Waals surface area contributed by atoms with Crippen molar-refractivity contribution in [3.63, 3.8) is 0 Å². The highest BCUT2D eigenvalue weighted by Crippen LogP contribution is 2.23. The highest BCUT2D eigenvalue weighted by atomic mass is 19.1. The number of ether oxygens (including phenoxy) is 1. The summed E-state index contributed by atoms with van der Waals surface area (Å²) in [5.74, 6) is 0.493. The third-order valence-corrected chi connectivity index (χ3v) is 2.90. The van der Waals surface area contributed by atoms with Gasteiger partial charge < -0.3 is 15.4 Å². The first-order valence-corrected chi connectivity index (χ1v) is 6.42. The van der Waals surface area contributed by atoms with Crippen molar-refractivity contribution < 1.29 is 9.13 Å². The summed E-state index contributed by atoms with van der Waals surface area (Å²) in [5.41, 5.74) is 6.39. The maximum absolute atomic E-state index is 13.7. The van der Waals surface area contributed by atoms with Crippen LogP contribution < -0.4 is 15.4 Å². The Morgan fingerprint density at radius 3 is 2.72 bits per heavy atom. The highest BCUT2D eigenvalue weighted by molar-refractivity contribution is 5.49. The molecule has 0 aromatic heterocycles. The van der Waals surface area contributed by atoms with Gasteiger partial charge in [-0.25, -0.2) is 4.39 Å². The Morgan fingerprint density at radius 2 is 2.17 bits per heavy atom. The van der Waals surface area contributed by atoms with Crippen LogP contribution in [0.2, 0.25) is 0 Å². The Hall–Kier alpha value is -1.29. The summed E-state index contributed by atoms with van der Waals surface area (Å²) in [5, 5.41) is 0. The number of benzene rings is 1. The quantitative estimate of drug-likeness (QED) is 0.813. The van der Waals surface area contributed by atoms with Crippen molar-refractivity contribution in [1.29, 1.82) is 0 Å².